The summed E-state index contributed by atoms with van der Waals surface area (Å²) in [5, 5.41) is 3.44. The molecule has 0 aliphatic carbocycles. The third-order valence-corrected chi connectivity index (χ3v) is 6.44. The Balaban J connectivity index is 1.30. The van der Waals surface area contributed by atoms with Crippen LogP contribution in [0.15, 0.2) is 24.3 Å². The van der Waals surface area contributed by atoms with Crippen LogP contribution in [0.4, 0.5) is 5.13 Å². The van der Waals surface area contributed by atoms with Crippen LogP contribution in [0.1, 0.15) is 48.7 Å². The third kappa shape index (κ3) is 4.82. The molecule has 8 heteroatoms. The number of nitrogens with one attached hydrogen (secondary N) is 1. The number of hydrogen-bond acceptors (Lipinski definition) is 6. The predicted molar refractivity (Wildman–Crippen MR) is 115 cm³/mol. The van der Waals surface area contributed by atoms with Gasteiger partial charge in [0.2, 0.25) is 0 Å². The lowest BCUT2D eigenvalue weighted by atomic mass is 10.0. The molecule has 2 amide bonds. The van der Waals surface area contributed by atoms with E-state index in [4.69, 9.17) is 9.47 Å². The number of anilines is 1. The van der Waals surface area contributed by atoms with Gasteiger partial charge in [-0.15, -0.1) is 0 Å². The molecule has 30 heavy (non-hydrogen) atoms. The van der Waals surface area contributed by atoms with Gasteiger partial charge < -0.3 is 14.4 Å². The van der Waals surface area contributed by atoms with Gasteiger partial charge in [-0.2, -0.15) is 0 Å². The van der Waals surface area contributed by atoms with Crippen LogP contribution < -0.4 is 10.1 Å². The van der Waals surface area contributed by atoms with Crippen molar-refractivity contribution in [2.24, 2.45) is 0 Å². The van der Waals surface area contributed by atoms with E-state index < -0.39 is 0 Å². The van der Waals surface area contributed by atoms with Crippen LogP contribution in [0.2, 0.25) is 0 Å². The standard InChI is InChI=1S/C22H27N3O4S/c1-14(2)15-5-7-16(8-6-15)29-13-20(26)25-10-9-17-19(12-25)30-22(23-17)24-21(27)18-4-3-11-28-18/h5-8,14,18H,3-4,9-13H2,1-2H3,(H,23,24,27). The van der Waals surface area contributed by atoms with Crippen LogP contribution in [0.3, 0.4) is 0 Å². The monoisotopic (exact) mass is 429 g/mol. The Hall–Kier alpha value is -2.45. The molecule has 7 nitrogen and oxygen atoms in total. The van der Waals surface area contributed by atoms with E-state index in [2.05, 4.69) is 24.1 Å². The van der Waals surface area contributed by atoms with E-state index in [-0.39, 0.29) is 24.5 Å². The second-order valence-corrected chi connectivity index (χ2v) is 9.04. The Bertz CT molecular complexity index is 904. The zero-order chi connectivity index (χ0) is 21.1. The Kier molecular flexibility index (Phi) is 6.34. The highest BCUT2D eigenvalue weighted by molar-refractivity contribution is 7.15. The molecule has 0 bridgehead atoms. The van der Waals surface area contributed by atoms with Gasteiger partial charge in [-0.05, 0) is 36.5 Å². The van der Waals surface area contributed by atoms with E-state index in [0.29, 0.717) is 42.9 Å². The molecule has 160 valence electrons. The van der Waals surface area contributed by atoms with Gasteiger partial charge in [0.05, 0.1) is 12.2 Å². The van der Waals surface area contributed by atoms with Gasteiger partial charge in [0, 0.05) is 24.4 Å². The van der Waals surface area contributed by atoms with E-state index in [1.165, 1.54) is 16.9 Å². The fourth-order valence-electron chi connectivity index (χ4n) is 3.62. The first-order valence-electron chi connectivity index (χ1n) is 10.4. The Morgan fingerprint density at radius 3 is 2.83 bits per heavy atom. The van der Waals surface area contributed by atoms with Crippen molar-refractivity contribution in [3.8, 4) is 5.75 Å². The number of carbonyl (C=O) groups is 2. The van der Waals surface area contributed by atoms with Gasteiger partial charge in [0.1, 0.15) is 11.9 Å². The fourth-order valence-corrected chi connectivity index (χ4v) is 4.64. The zero-order valence-electron chi connectivity index (χ0n) is 17.3. The van der Waals surface area contributed by atoms with Gasteiger partial charge in [-0.3, -0.25) is 14.9 Å². The second-order valence-electron chi connectivity index (χ2n) is 7.96. The van der Waals surface area contributed by atoms with Crippen molar-refractivity contribution in [1.82, 2.24) is 9.88 Å². The molecule has 0 saturated carbocycles. The number of aromatic nitrogens is 1. The molecule has 1 atom stereocenters. The van der Waals surface area contributed by atoms with Gasteiger partial charge in [-0.1, -0.05) is 37.3 Å². The lowest BCUT2D eigenvalue weighted by molar-refractivity contribution is -0.134. The summed E-state index contributed by atoms with van der Waals surface area (Å²) < 4.78 is 11.1. The van der Waals surface area contributed by atoms with E-state index >= 15 is 0 Å². The van der Waals surface area contributed by atoms with Crippen LogP contribution in [0.25, 0.3) is 0 Å². The number of thiazole rings is 1. The number of benzene rings is 1. The molecule has 4 rings (SSSR count). The summed E-state index contributed by atoms with van der Waals surface area (Å²) in [6.45, 7) is 6.03. The van der Waals surface area contributed by atoms with Crippen LogP contribution in [-0.4, -0.2) is 47.6 Å². The summed E-state index contributed by atoms with van der Waals surface area (Å²) >= 11 is 1.43. The number of fused-ring (bicyclic) bond motifs is 1. The minimum atomic E-state index is -0.379. The number of rotatable bonds is 6. The summed E-state index contributed by atoms with van der Waals surface area (Å²) in [5.74, 6) is 0.973. The van der Waals surface area contributed by atoms with Crippen molar-refractivity contribution in [1.29, 1.82) is 0 Å². The maximum Gasteiger partial charge on any atom is 0.260 e. The molecular weight excluding hydrogens is 402 g/mol. The lowest BCUT2D eigenvalue weighted by Crippen LogP contribution is -2.38. The quantitative estimate of drug-likeness (QED) is 0.762. The van der Waals surface area contributed by atoms with Crippen molar-refractivity contribution in [3.63, 3.8) is 0 Å². The van der Waals surface area contributed by atoms with Crippen molar-refractivity contribution >= 4 is 28.3 Å². The average molecular weight is 430 g/mol. The summed E-state index contributed by atoms with van der Waals surface area (Å²) in [6, 6.07) is 7.87. The molecule has 2 aliphatic rings. The Morgan fingerprint density at radius 2 is 2.13 bits per heavy atom. The van der Waals surface area contributed by atoms with Crippen molar-refractivity contribution in [2.45, 2.75) is 51.7 Å². The molecule has 0 spiro atoms. The first-order chi connectivity index (χ1) is 14.5. The number of carbonyl (C=O) groups excluding carboxylic acids is 2. The molecule has 1 saturated heterocycles. The molecule has 1 fully saturated rings. The highest BCUT2D eigenvalue weighted by Gasteiger charge is 2.27. The lowest BCUT2D eigenvalue weighted by Gasteiger charge is -2.26. The van der Waals surface area contributed by atoms with E-state index in [0.717, 1.165) is 23.4 Å². The summed E-state index contributed by atoms with van der Waals surface area (Å²) in [4.78, 5) is 32.2. The van der Waals surface area contributed by atoms with Gasteiger partial charge in [-0.25, -0.2) is 4.98 Å². The largest absolute Gasteiger partial charge is 0.484 e. The zero-order valence-corrected chi connectivity index (χ0v) is 18.2. The highest BCUT2D eigenvalue weighted by atomic mass is 32.1. The van der Waals surface area contributed by atoms with Crippen LogP contribution in [0, 0.1) is 0 Å². The number of nitrogens with zero attached hydrogens (tertiary/aromatic N) is 2. The first kappa shape index (κ1) is 20.8. The molecule has 1 aromatic heterocycles. The summed E-state index contributed by atoms with van der Waals surface area (Å²) in [6.07, 6.45) is 1.96. The molecule has 1 unspecified atom stereocenters. The molecule has 0 radical (unpaired) electrons. The maximum atomic E-state index is 12.6. The van der Waals surface area contributed by atoms with E-state index in [9.17, 15) is 9.59 Å². The van der Waals surface area contributed by atoms with Gasteiger partial charge in [0.15, 0.2) is 11.7 Å². The first-order valence-corrected chi connectivity index (χ1v) is 11.2. The molecule has 1 aromatic carbocycles. The maximum absolute atomic E-state index is 12.6. The summed E-state index contributed by atoms with van der Waals surface area (Å²) in [7, 11) is 0. The van der Waals surface area contributed by atoms with Gasteiger partial charge in [0.25, 0.3) is 11.8 Å². The SMILES string of the molecule is CC(C)c1ccc(OCC(=O)N2CCc3nc(NC(=O)C4CCCO4)sc3C2)cc1. The predicted octanol–water partition coefficient (Wildman–Crippen LogP) is 3.35. The van der Waals surface area contributed by atoms with Crippen molar-refractivity contribution in [3.05, 3.63) is 40.4 Å². The van der Waals surface area contributed by atoms with Crippen molar-refractivity contribution in [2.75, 3.05) is 25.1 Å². The molecule has 3 heterocycles. The van der Waals surface area contributed by atoms with Crippen LogP contribution >= 0.6 is 11.3 Å². The average Bonchev–Trinajstić information content (AvgIpc) is 3.41. The summed E-state index contributed by atoms with van der Waals surface area (Å²) in [5.41, 5.74) is 2.20. The number of hydrogen-bond donors (Lipinski definition) is 1. The van der Waals surface area contributed by atoms with Crippen LogP contribution in [0.5, 0.6) is 5.75 Å². The van der Waals surface area contributed by atoms with Gasteiger partial charge >= 0.3 is 0 Å². The highest BCUT2D eigenvalue weighted by Crippen LogP contribution is 2.29. The minimum absolute atomic E-state index is 0.0117. The van der Waals surface area contributed by atoms with E-state index in [1.54, 1.807) is 4.90 Å². The van der Waals surface area contributed by atoms with E-state index in [1.807, 2.05) is 24.3 Å². The normalized spacial score (nSPS) is 18.4. The topological polar surface area (TPSA) is 80.8 Å². The smallest absolute Gasteiger partial charge is 0.260 e. The molecule has 2 aliphatic heterocycles. The number of amides is 2. The molecule has 2 aromatic rings. The van der Waals surface area contributed by atoms with Crippen molar-refractivity contribution < 1.29 is 19.1 Å². The third-order valence-electron chi connectivity index (χ3n) is 5.45. The Labute approximate surface area is 180 Å². The fraction of sp³-hybridized carbons (Fsp3) is 0.500. The second kappa shape index (κ2) is 9.14. The molecular formula is C22H27N3O4S. The molecule has 1 N–H and O–H groups in total. The van der Waals surface area contributed by atoms with Crippen LogP contribution in [-0.2, 0) is 27.3 Å². The number of ether oxygens (including phenoxy) is 2. The Morgan fingerprint density at radius 1 is 1.33 bits per heavy atom. The minimum Gasteiger partial charge on any atom is -0.484 e.